The molecule has 7 heteroatoms. The molecule has 0 radical (unpaired) electrons. The van der Waals surface area contributed by atoms with Gasteiger partial charge in [-0.25, -0.2) is 4.98 Å². The van der Waals surface area contributed by atoms with Crippen LogP contribution in [0, 0.1) is 0 Å². The fraction of sp³-hybridized carbons (Fsp3) is 0.0455. The van der Waals surface area contributed by atoms with Gasteiger partial charge >= 0.3 is 0 Å². The molecule has 2 N–H and O–H groups in total. The van der Waals surface area contributed by atoms with Gasteiger partial charge in [-0.15, -0.1) is 11.3 Å². The first-order valence-electron chi connectivity index (χ1n) is 8.85. The third kappa shape index (κ3) is 4.26. The summed E-state index contributed by atoms with van der Waals surface area (Å²) in [5.41, 5.74) is 3.09. The third-order valence-electron chi connectivity index (χ3n) is 4.25. The first kappa shape index (κ1) is 19.0. The Morgan fingerprint density at radius 2 is 1.79 bits per heavy atom. The van der Waals surface area contributed by atoms with E-state index in [2.05, 4.69) is 10.6 Å². The van der Waals surface area contributed by atoms with E-state index in [-0.39, 0.29) is 11.0 Å². The molecule has 1 aromatic heterocycles. The maximum absolute atomic E-state index is 12.3. The highest BCUT2D eigenvalue weighted by Crippen LogP contribution is 2.34. The normalized spacial score (nSPS) is 10.5. The van der Waals surface area contributed by atoms with Crippen molar-refractivity contribution in [2.24, 2.45) is 0 Å². The third-order valence-corrected chi connectivity index (χ3v) is 5.54. The zero-order valence-electron chi connectivity index (χ0n) is 15.5. The van der Waals surface area contributed by atoms with Gasteiger partial charge in [0.05, 0.1) is 23.0 Å². The molecule has 1 heterocycles. The number of anilines is 1. The van der Waals surface area contributed by atoms with Gasteiger partial charge in [-0.05, 0) is 54.7 Å². The molecule has 29 heavy (non-hydrogen) atoms. The highest BCUT2D eigenvalue weighted by molar-refractivity contribution is 7.80. The highest BCUT2D eigenvalue weighted by Gasteiger charge is 2.13. The number of nitrogens with one attached hydrogen (secondary N) is 2. The first-order valence-corrected chi connectivity index (χ1v) is 10.1. The first-order chi connectivity index (χ1) is 14.1. The van der Waals surface area contributed by atoms with Crippen molar-refractivity contribution in [2.45, 2.75) is 0 Å². The summed E-state index contributed by atoms with van der Waals surface area (Å²) in [5, 5.41) is 6.84. The lowest BCUT2D eigenvalue weighted by atomic mass is 10.2. The van der Waals surface area contributed by atoms with Gasteiger partial charge in [-0.3, -0.25) is 10.1 Å². The molecule has 4 aromatic rings. The quantitative estimate of drug-likeness (QED) is 0.451. The number of ether oxygens (including phenoxy) is 1. The molecule has 0 fully saturated rings. The molecule has 0 saturated carbocycles. The number of carbonyl (C=O) groups is 1. The maximum Gasteiger partial charge on any atom is 0.257 e. The second kappa shape index (κ2) is 8.38. The van der Waals surface area contributed by atoms with E-state index in [9.17, 15) is 4.79 Å². The largest absolute Gasteiger partial charge is 0.495 e. The average Bonchev–Trinajstić information content (AvgIpc) is 3.18. The number of thiocarbonyl (C=S) groups is 1. The number of fused-ring (bicyclic) bond motifs is 1. The van der Waals surface area contributed by atoms with E-state index in [4.69, 9.17) is 21.9 Å². The molecule has 5 nitrogen and oxygen atoms in total. The average molecular weight is 420 g/mol. The number of nitrogens with zero attached hydrogens (tertiary/aromatic N) is 1. The van der Waals surface area contributed by atoms with Crippen molar-refractivity contribution in [3.63, 3.8) is 0 Å². The number of hydrogen-bond donors (Lipinski definition) is 2. The summed E-state index contributed by atoms with van der Waals surface area (Å²) in [4.78, 5) is 17.0. The Morgan fingerprint density at radius 1 is 1.03 bits per heavy atom. The van der Waals surface area contributed by atoms with E-state index >= 15 is 0 Å². The minimum absolute atomic E-state index is 0.193. The number of thiazole rings is 1. The lowest BCUT2D eigenvalue weighted by Gasteiger charge is -2.14. The molecule has 0 saturated heterocycles. The Hall–Kier alpha value is -3.29. The maximum atomic E-state index is 12.3. The van der Waals surface area contributed by atoms with Crippen LogP contribution in [0.25, 0.3) is 20.8 Å². The van der Waals surface area contributed by atoms with Gasteiger partial charge in [0, 0.05) is 11.1 Å². The summed E-state index contributed by atoms with van der Waals surface area (Å²) in [6.45, 7) is 0. The summed E-state index contributed by atoms with van der Waals surface area (Å²) >= 11 is 6.94. The Bertz CT molecular complexity index is 1160. The van der Waals surface area contributed by atoms with E-state index in [0.29, 0.717) is 17.0 Å². The van der Waals surface area contributed by atoms with Crippen LogP contribution in [0.2, 0.25) is 0 Å². The number of rotatable bonds is 4. The van der Waals surface area contributed by atoms with Gasteiger partial charge < -0.3 is 10.1 Å². The van der Waals surface area contributed by atoms with Crippen LogP contribution in [-0.4, -0.2) is 23.1 Å². The van der Waals surface area contributed by atoms with Gasteiger partial charge in [0.15, 0.2) is 5.11 Å². The highest BCUT2D eigenvalue weighted by atomic mass is 32.1. The van der Waals surface area contributed by atoms with Crippen LogP contribution in [0.4, 0.5) is 5.69 Å². The lowest BCUT2D eigenvalue weighted by molar-refractivity contribution is 0.0977. The Morgan fingerprint density at radius 3 is 2.55 bits per heavy atom. The van der Waals surface area contributed by atoms with Crippen molar-refractivity contribution in [3.8, 4) is 16.3 Å². The predicted octanol–water partition coefficient (Wildman–Crippen LogP) is 5.10. The lowest BCUT2D eigenvalue weighted by Crippen LogP contribution is -2.34. The second-order valence-corrected chi connectivity index (χ2v) is 7.61. The van der Waals surface area contributed by atoms with Crippen LogP contribution in [-0.2, 0) is 0 Å². The van der Waals surface area contributed by atoms with Gasteiger partial charge in [0.1, 0.15) is 10.8 Å². The minimum atomic E-state index is -0.274. The molecule has 0 aliphatic heterocycles. The summed E-state index contributed by atoms with van der Waals surface area (Å²) < 4.78 is 6.56. The Kier molecular flexibility index (Phi) is 5.50. The Labute approximate surface area is 177 Å². The van der Waals surface area contributed by atoms with Crippen LogP contribution in [0.5, 0.6) is 5.75 Å². The Balaban J connectivity index is 1.57. The zero-order chi connectivity index (χ0) is 20.2. The molecular weight excluding hydrogens is 402 g/mol. The molecule has 1 amide bonds. The van der Waals surface area contributed by atoms with Gasteiger partial charge in [0.2, 0.25) is 0 Å². The molecule has 144 valence electrons. The molecule has 0 aliphatic rings. The summed E-state index contributed by atoms with van der Waals surface area (Å²) in [6, 6.07) is 22.6. The van der Waals surface area contributed by atoms with Crippen LogP contribution in [0.3, 0.4) is 0 Å². The number of hydrogen-bond acceptors (Lipinski definition) is 5. The van der Waals surface area contributed by atoms with Crippen molar-refractivity contribution in [1.29, 1.82) is 0 Å². The van der Waals surface area contributed by atoms with Gasteiger partial charge in [0.25, 0.3) is 5.91 Å². The smallest absolute Gasteiger partial charge is 0.257 e. The van der Waals surface area contributed by atoms with E-state index in [1.165, 1.54) is 0 Å². The molecule has 0 spiro atoms. The fourth-order valence-corrected chi connectivity index (χ4v) is 4.02. The molecule has 0 aliphatic carbocycles. The van der Waals surface area contributed by atoms with Gasteiger partial charge in [-0.1, -0.05) is 30.3 Å². The van der Waals surface area contributed by atoms with Crippen LogP contribution < -0.4 is 15.4 Å². The van der Waals surface area contributed by atoms with Crippen LogP contribution in [0.15, 0.2) is 72.8 Å². The fourth-order valence-electron chi connectivity index (χ4n) is 2.85. The topological polar surface area (TPSA) is 63.2 Å². The number of benzene rings is 3. The number of amides is 1. The van der Waals surface area contributed by atoms with Gasteiger partial charge in [-0.2, -0.15) is 0 Å². The molecule has 0 atom stereocenters. The SMILES string of the molecule is COc1ccc(-c2nc3ccccc3s2)cc1NC(=S)NC(=O)c1ccccc1. The van der Waals surface area contributed by atoms with Crippen molar-refractivity contribution >= 4 is 50.5 Å². The van der Waals surface area contributed by atoms with E-state index in [1.54, 1.807) is 42.7 Å². The zero-order valence-corrected chi connectivity index (χ0v) is 17.1. The van der Waals surface area contributed by atoms with Crippen LogP contribution >= 0.6 is 23.6 Å². The number of para-hydroxylation sites is 1. The standard InChI is InChI=1S/C22H17N3O2S2/c1-27-18-12-11-15(21-23-16-9-5-6-10-19(16)29-21)13-17(18)24-22(28)25-20(26)14-7-3-2-4-8-14/h2-13H,1H3,(H2,24,25,26,28). The molecule has 3 aromatic carbocycles. The van der Waals surface area contributed by atoms with Crippen molar-refractivity contribution in [2.75, 3.05) is 12.4 Å². The molecule has 0 bridgehead atoms. The summed E-state index contributed by atoms with van der Waals surface area (Å²) in [6.07, 6.45) is 0. The number of aromatic nitrogens is 1. The summed E-state index contributed by atoms with van der Waals surface area (Å²) in [7, 11) is 1.59. The summed E-state index contributed by atoms with van der Waals surface area (Å²) in [5.74, 6) is 0.343. The van der Waals surface area contributed by atoms with Crippen molar-refractivity contribution in [3.05, 3.63) is 78.4 Å². The van der Waals surface area contributed by atoms with Crippen molar-refractivity contribution < 1.29 is 9.53 Å². The van der Waals surface area contributed by atoms with Crippen molar-refractivity contribution in [1.82, 2.24) is 10.3 Å². The van der Waals surface area contributed by atoms with E-state index in [0.717, 1.165) is 20.8 Å². The number of carbonyl (C=O) groups excluding carboxylic acids is 1. The predicted molar refractivity (Wildman–Crippen MR) is 122 cm³/mol. The number of methoxy groups -OCH3 is 1. The molecular formula is C22H17N3O2S2. The van der Waals surface area contributed by atoms with E-state index < -0.39 is 0 Å². The molecule has 0 unspecified atom stereocenters. The monoisotopic (exact) mass is 419 g/mol. The van der Waals surface area contributed by atoms with E-state index in [1.807, 2.05) is 48.5 Å². The second-order valence-electron chi connectivity index (χ2n) is 6.18. The van der Waals surface area contributed by atoms with Crippen LogP contribution in [0.1, 0.15) is 10.4 Å². The minimum Gasteiger partial charge on any atom is -0.495 e. The molecule has 4 rings (SSSR count).